The molecule has 2 fully saturated rings. The first-order chi connectivity index (χ1) is 17.2. The smallest absolute Gasteiger partial charge is 0.321 e. The van der Waals surface area contributed by atoms with E-state index in [-0.39, 0.29) is 30.6 Å². The summed E-state index contributed by atoms with van der Waals surface area (Å²) in [6, 6.07) is 28.2. The first-order valence-corrected chi connectivity index (χ1v) is 12.4. The zero-order chi connectivity index (χ0) is 24.0. The molecular formula is C30H31N3O2. The van der Waals surface area contributed by atoms with Gasteiger partial charge in [-0.15, -0.1) is 0 Å². The van der Waals surface area contributed by atoms with Gasteiger partial charge in [-0.1, -0.05) is 60.4 Å². The molecule has 3 aromatic carbocycles. The molecule has 3 atom stereocenters. The minimum absolute atomic E-state index is 0.0595. The Balaban J connectivity index is 1.32. The number of hydrogen-bond acceptors (Lipinski definition) is 3. The molecule has 35 heavy (non-hydrogen) atoms. The number of fused-ring (bicyclic) bond motifs is 1. The van der Waals surface area contributed by atoms with Crippen LogP contribution in [0.15, 0.2) is 84.9 Å². The maximum absolute atomic E-state index is 13.1. The van der Waals surface area contributed by atoms with Gasteiger partial charge in [0.15, 0.2) is 0 Å². The highest BCUT2D eigenvalue weighted by atomic mass is 16.3. The van der Waals surface area contributed by atoms with Crippen LogP contribution in [0.2, 0.25) is 0 Å². The normalized spacial score (nSPS) is 22.0. The van der Waals surface area contributed by atoms with Crippen LogP contribution >= 0.6 is 0 Å². The van der Waals surface area contributed by atoms with Gasteiger partial charge < -0.3 is 15.3 Å². The molecule has 2 aliphatic rings. The fourth-order valence-electron chi connectivity index (χ4n) is 5.30. The van der Waals surface area contributed by atoms with Crippen LogP contribution in [-0.2, 0) is 0 Å². The molecule has 5 nitrogen and oxygen atoms in total. The van der Waals surface area contributed by atoms with Gasteiger partial charge >= 0.3 is 6.03 Å². The van der Waals surface area contributed by atoms with Crippen LogP contribution in [0, 0.1) is 11.8 Å². The number of amides is 2. The highest BCUT2D eigenvalue weighted by molar-refractivity contribution is 5.89. The SMILES string of the molecule is O=C(Nc1ccccc1)N1CCCCN2[C@H](CO)[C@H](c3ccc(C#Cc4ccccc4)cc3)[C@H]2C1. The maximum Gasteiger partial charge on any atom is 0.321 e. The van der Waals surface area contributed by atoms with Gasteiger partial charge in [0.1, 0.15) is 0 Å². The van der Waals surface area contributed by atoms with E-state index >= 15 is 0 Å². The van der Waals surface area contributed by atoms with Crippen LogP contribution in [0.25, 0.3) is 0 Å². The molecule has 3 aromatic rings. The molecule has 0 radical (unpaired) electrons. The van der Waals surface area contributed by atoms with Gasteiger partial charge in [-0.2, -0.15) is 0 Å². The lowest BCUT2D eigenvalue weighted by atomic mass is 9.74. The number of rotatable bonds is 3. The van der Waals surface area contributed by atoms with E-state index in [2.05, 4.69) is 46.3 Å². The third kappa shape index (κ3) is 5.24. The molecule has 0 unspecified atom stereocenters. The lowest BCUT2D eigenvalue weighted by Gasteiger charge is -2.57. The van der Waals surface area contributed by atoms with Crippen molar-refractivity contribution in [3.8, 4) is 11.8 Å². The highest BCUT2D eigenvalue weighted by Gasteiger charge is 2.49. The predicted octanol–water partition coefficient (Wildman–Crippen LogP) is 4.54. The minimum Gasteiger partial charge on any atom is -0.395 e. The molecule has 0 bridgehead atoms. The van der Waals surface area contributed by atoms with Crippen molar-refractivity contribution in [2.24, 2.45) is 0 Å². The number of nitrogens with zero attached hydrogens (tertiary/aromatic N) is 2. The molecular weight excluding hydrogens is 434 g/mol. The number of carbonyl (C=O) groups is 1. The largest absolute Gasteiger partial charge is 0.395 e. The summed E-state index contributed by atoms with van der Waals surface area (Å²) < 4.78 is 0. The van der Waals surface area contributed by atoms with Gasteiger partial charge in [-0.05, 0) is 61.3 Å². The molecule has 2 N–H and O–H groups in total. The lowest BCUT2D eigenvalue weighted by Crippen LogP contribution is -2.68. The Morgan fingerprint density at radius 3 is 2.17 bits per heavy atom. The van der Waals surface area contributed by atoms with Crippen molar-refractivity contribution in [2.75, 3.05) is 31.6 Å². The number of para-hydroxylation sites is 1. The van der Waals surface area contributed by atoms with Crippen LogP contribution < -0.4 is 5.32 Å². The Hall–Kier alpha value is -3.59. The van der Waals surface area contributed by atoms with Gasteiger partial charge in [-0.25, -0.2) is 4.79 Å². The number of urea groups is 1. The fourth-order valence-corrected chi connectivity index (χ4v) is 5.30. The van der Waals surface area contributed by atoms with E-state index < -0.39 is 0 Å². The van der Waals surface area contributed by atoms with Gasteiger partial charge in [0, 0.05) is 47.9 Å². The summed E-state index contributed by atoms with van der Waals surface area (Å²) in [6.45, 7) is 2.47. The van der Waals surface area contributed by atoms with Crippen molar-refractivity contribution in [3.63, 3.8) is 0 Å². The first-order valence-electron chi connectivity index (χ1n) is 12.4. The van der Waals surface area contributed by atoms with Crippen LogP contribution in [0.4, 0.5) is 10.5 Å². The van der Waals surface area contributed by atoms with Crippen LogP contribution in [-0.4, -0.2) is 59.3 Å². The summed E-state index contributed by atoms with van der Waals surface area (Å²) in [5.74, 6) is 6.63. The van der Waals surface area contributed by atoms with E-state index in [0.29, 0.717) is 6.54 Å². The zero-order valence-corrected chi connectivity index (χ0v) is 19.8. The summed E-state index contributed by atoms with van der Waals surface area (Å²) >= 11 is 0. The second kappa shape index (κ2) is 10.8. The number of aliphatic hydroxyl groups excluding tert-OH is 1. The molecule has 0 spiro atoms. The standard InChI is InChI=1S/C30H31N3O2/c34-22-28-29(25-17-15-24(16-18-25)14-13-23-9-3-1-4-10-23)27-21-32(19-7-8-20-33(27)28)30(35)31-26-11-5-2-6-12-26/h1-6,9-12,15-18,27-29,34H,7-8,19-22H2,(H,31,35)/t27-,28-,29-/m1/s1. The number of carbonyl (C=O) groups excluding carboxylic acids is 1. The van der Waals surface area contributed by atoms with E-state index in [0.717, 1.165) is 42.7 Å². The van der Waals surface area contributed by atoms with E-state index in [9.17, 15) is 9.90 Å². The van der Waals surface area contributed by atoms with E-state index in [1.54, 1.807) is 0 Å². The van der Waals surface area contributed by atoms with Crippen LogP contribution in [0.1, 0.15) is 35.4 Å². The van der Waals surface area contributed by atoms with Crippen molar-refractivity contribution >= 4 is 11.7 Å². The number of hydrogen-bond donors (Lipinski definition) is 2. The minimum atomic E-state index is -0.0595. The molecule has 2 heterocycles. The van der Waals surface area contributed by atoms with E-state index in [4.69, 9.17) is 0 Å². The monoisotopic (exact) mass is 465 g/mol. The Labute approximate surface area is 207 Å². The highest BCUT2D eigenvalue weighted by Crippen LogP contribution is 2.42. The molecule has 5 heteroatoms. The Morgan fingerprint density at radius 1 is 0.857 bits per heavy atom. The maximum atomic E-state index is 13.1. The second-order valence-corrected chi connectivity index (χ2v) is 9.27. The molecule has 2 saturated heterocycles. The fraction of sp³-hybridized carbons (Fsp3) is 0.300. The zero-order valence-electron chi connectivity index (χ0n) is 19.8. The van der Waals surface area contributed by atoms with Gasteiger partial charge in [-0.3, -0.25) is 4.90 Å². The van der Waals surface area contributed by atoms with Crippen LogP contribution in [0.3, 0.4) is 0 Å². The van der Waals surface area contributed by atoms with Gasteiger partial charge in [0.25, 0.3) is 0 Å². The Morgan fingerprint density at radius 2 is 1.49 bits per heavy atom. The number of anilines is 1. The molecule has 2 aliphatic heterocycles. The number of nitrogens with one attached hydrogen (secondary N) is 1. The van der Waals surface area contributed by atoms with Crippen LogP contribution in [0.5, 0.6) is 0 Å². The average Bonchev–Trinajstić information content (AvgIpc) is 2.88. The van der Waals surface area contributed by atoms with E-state index in [1.807, 2.05) is 65.6 Å². The predicted molar refractivity (Wildman–Crippen MR) is 139 cm³/mol. The van der Waals surface area contributed by atoms with Gasteiger partial charge in [0.2, 0.25) is 0 Å². The second-order valence-electron chi connectivity index (χ2n) is 9.27. The summed E-state index contributed by atoms with van der Waals surface area (Å²) in [5, 5.41) is 13.2. The molecule has 0 aliphatic carbocycles. The number of aliphatic hydroxyl groups is 1. The summed E-state index contributed by atoms with van der Waals surface area (Å²) in [7, 11) is 0. The Kier molecular flexibility index (Phi) is 7.13. The molecule has 2 amide bonds. The Bertz CT molecular complexity index is 1190. The van der Waals surface area contributed by atoms with E-state index in [1.165, 1.54) is 5.56 Å². The molecule has 0 saturated carbocycles. The summed E-state index contributed by atoms with van der Waals surface area (Å²) in [5.41, 5.74) is 3.97. The quantitative estimate of drug-likeness (QED) is 0.559. The molecule has 178 valence electrons. The molecule has 0 aromatic heterocycles. The van der Waals surface area contributed by atoms with Crippen molar-refractivity contribution in [1.82, 2.24) is 9.80 Å². The van der Waals surface area contributed by atoms with Crippen molar-refractivity contribution in [1.29, 1.82) is 0 Å². The average molecular weight is 466 g/mol. The lowest BCUT2D eigenvalue weighted by molar-refractivity contribution is -0.0585. The first kappa shape index (κ1) is 23.2. The number of benzene rings is 3. The van der Waals surface area contributed by atoms with Crippen molar-refractivity contribution in [2.45, 2.75) is 30.8 Å². The third-order valence-corrected chi connectivity index (χ3v) is 7.10. The topological polar surface area (TPSA) is 55.8 Å². The molecule has 5 rings (SSSR count). The van der Waals surface area contributed by atoms with Crippen molar-refractivity contribution in [3.05, 3.63) is 102 Å². The summed E-state index contributed by atoms with van der Waals surface area (Å²) in [6.07, 6.45) is 1.98. The summed E-state index contributed by atoms with van der Waals surface area (Å²) in [4.78, 5) is 17.4. The van der Waals surface area contributed by atoms with Gasteiger partial charge in [0.05, 0.1) is 6.61 Å². The van der Waals surface area contributed by atoms with Crippen molar-refractivity contribution < 1.29 is 9.90 Å². The third-order valence-electron chi connectivity index (χ3n) is 7.10.